The lowest BCUT2D eigenvalue weighted by molar-refractivity contribution is 0.590. The van der Waals surface area contributed by atoms with Gasteiger partial charge in [-0.1, -0.05) is 31.2 Å². The van der Waals surface area contributed by atoms with Crippen molar-refractivity contribution >= 4 is 28.0 Å². The molecule has 7 nitrogen and oxygen atoms in total. The van der Waals surface area contributed by atoms with Gasteiger partial charge in [0.15, 0.2) is 11.6 Å². The number of halogens is 1. The molecule has 1 unspecified atom stereocenters. The molecule has 8 heteroatoms. The van der Waals surface area contributed by atoms with Crippen LogP contribution in [0, 0.1) is 5.82 Å². The van der Waals surface area contributed by atoms with Gasteiger partial charge in [0.25, 0.3) is 0 Å². The monoisotopic (exact) mass is 467 g/mol. The van der Waals surface area contributed by atoms with Gasteiger partial charge in [-0.2, -0.15) is 5.10 Å². The van der Waals surface area contributed by atoms with E-state index in [1.165, 1.54) is 6.07 Å². The molecule has 5 N–H and O–H groups in total. The molecule has 1 atom stereocenters. The van der Waals surface area contributed by atoms with Crippen molar-refractivity contribution in [3.8, 4) is 11.4 Å². The van der Waals surface area contributed by atoms with E-state index < -0.39 is 6.04 Å². The largest absolute Gasteiger partial charge is 0.398 e. The number of para-hydroxylation sites is 1. The van der Waals surface area contributed by atoms with Gasteiger partial charge >= 0.3 is 0 Å². The van der Waals surface area contributed by atoms with Gasteiger partial charge in [-0.3, -0.25) is 4.68 Å². The van der Waals surface area contributed by atoms with Crippen molar-refractivity contribution < 1.29 is 4.39 Å². The highest BCUT2D eigenvalue weighted by Gasteiger charge is 2.25. The van der Waals surface area contributed by atoms with Crippen LogP contribution in [0.15, 0.2) is 72.9 Å². The first-order valence-corrected chi connectivity index (χ1v) is 11.4. The van der Waals surface area contributed by atoms with Gasteiger partial charge < -0.3 is 16.8 Å². The summed E-state index contributed by atoms with van der Waals surface area (Å²) in [7, 11) is 1.80. The lowest BCUT2D eigenvalue weighted by Gasteiger charge is -2.21. The average Bonchev–Trinajstić information content (AvgIpc) is 3.24. The predicted molar refractivity (Wildman–Crippen MR) is 138 cm³/mol. The number of benzene rings is 3. The van der Waals surface area contributed by atoms with Crippen LogP contribution in [0.4, 0.5) is 21.6 Å². The molecule has 3 aromatic carbocycles. The van der Waals surface area contributed by atoms with Gasteiger partial charge in [-0.25, -0.2) is 14.4 Å². The Morgan fingerprint density at radius 3 is 2.66 bits per heavy atom. The summed E-state index contributed by atoms with van der Waals surface area (Å²) in [6, 6.07) is 19.7. The number of nitrogens with two attached hydrogens (primary N) is 2. The second-order valence-corrected chi connectivity index (χ2v) is 8.42. The molecule has 0 aliphatic rings. The number of fused-ring (bicyclic) bond motifs is 1. The fourth-order valence-corrected chi connectivity index (χ4v) is 4.24. The number of hydrogen-bond acceptors (Lipinski definition) is 6. The molecule has 0 radical (unpaired) electrons. The highest BCUT2D eigenvalue weighted by molar-refractivity contribution is 5.93. The molecule has 176 valence electrons. The molecule has 0 aliphatic heterocycles. The summed E-state index contributed by atoms with van der Waals surface area (Å²) < 4.78 is 16.9. The van der Waals surface area contributed by atoms with Crippen molar-refractivity contribution in [2.24, 2.45) is 7.05 Å². The van der Waals surface area contributed by atoms with E-state index in [0.717, 1.165) is 34.0 Å². The van der Waals surface area contributed by atoms with Gasteiger partial charge in [0.1, 0.15) is 17.7 Å². The van der Waals surface area contributed by atoms with E-state index in [9.17, 15) is 0 Å². The first kappa shape index (κ1) is 22.3. The number of nitrogen functional groups attached to an aromatic ring is 2. The molecule has 2 aromatic heterocycles. The van der Waals surface area contributed by atoms with Crippen LogP contribution in [-0.4, -0.2) is 19.7 Å². The number of hydrogen-bond donors (Lipinski definition) is 3. The smallest absolute Gasteiger partial charge is 0.183 e. The molecule has 5 aromatic rings. The third-order valence-corrected chi connectivity index (χ3v) is 6.14. The second-order valence-electron chi connectivity index (χ2n) is 8.42. The van der Waals surface area contributed by atoms with Crippen molar-refractivity contribution in [1.29, 1.82) is 0 Å². The molecule has 0 fully saturated rings. The topological polar surface area (TPSA) is 108 Å². The maximum absolute atomic E-state index is 15.2. The molecule has 0 bridgehead atoms. The Hall–Kier alpha value is -4.46. The van der Waals surface area contributed by atoms with E-state index in [-0.39, 0.29) is 5.82 Å². The Balaban J connectivity index is 1.64. The Kier molecular flexibility index (Phi) is 5.78. The zero-order valence-corrected chi connectivity index (χ0v) is 19.5. The van der Waals surface area contributed by atoms with E-state index in [2.05, 4.69) is 15.4 Å². The zero-order chi connectivity index (χ0) is 24.5. The number of rotatable bonds is 6. The van der Waals surface area contributed by atoms with Crippen LogP contribution in [0.5, 0.6) is 0 Å². The maximum Gasteiger partial charge on any atom is 0.183 e. The molecule has 35 heavy (non-hydrogen) atoms. The summed E-state index contributed by atoms with van der Waals surface area (Å²) in [4.78, 5) is 8.95. The van der Waals surface area contributed by atoms with Crippen LogP contribution < -0.4 is 16.8 Å². The minimum absolute atomic E-state index is 0.322. The van der Waals surface area contributed by atoms with Crippen molar-refractivity contribution in [3.63, 3.8) is 0 Å². The standard InChI is InChI=1S/C27H26FN7/c1-3-16-8-11-22(28)21(14-16)24(32-18-9-10-19-17(15-18)12-13-31-25(19)30)27-33-26(34-35(27)2)20-6-4-5-7-23(20)29/h4-15,24,32H,3,29H2,1-2H3,(H2,30,31). The number of nitrogens with zero attached hydrogens (tertiary/aromatic N) is 4. The number of aromatic nitrogens is 4. The predicted octanol–water partition coefficient (Wildman–Crippen LogP) is 5.10. The van der Waals surface area contributed by atoms with E-state index in [1.54, 1.807) is 30.1 Å². The van der Waals surface area contributed by atoms with Gasteiger partial charge in [-0.05, 0) is 59.8 Å². The highest BCUT2D eigenvalue weighted by atomic mass is 19.1. The molecular formula is C27H26FN7. The fraction of sp³-hybridized carbons (Fsp3) is 0.148. The SMILES string of the molecule is CCc1ccc(F)c(C(Nc2ccc3c(N)nccc3c2)c2nc(-c3ccccc3N)nn2C)c1. The van der Waals surface area contributed by atoms with E-state index in [1.807, 2.05) is 55.5 Å². The van der Waals surface area contributed by atoms with Crippen LogP contribution in [0.25, 0.3) is 22.2 Å². The molecule has 0 saturated heterocycles. The quantitative estimate of drug-likeness (QED) is 0.300. The minimum Gasteiger partial charge on any atom is -0.398 e. The molecule has 0 aliphatic carbocycles. The zero-order valence-electron chi connectivity index (χ0n) is 19.5. The summed E-state index contributed by atoms with van der Waals surface area (Å²) in [5, 5.41) is 9.87. The fourth-order valence-electron chi connectivity index (χ4n) is 4.24. The molecule has 0 amide bonds. The van der Waals surface area contributed by atoms with E-state index in [4.69, 9.17) is 16.5 Å². The lowest BCUT2D eigenvalue weighted by atomic mass is 10.0. The normalized spacial score (nSPS) is 12.1. The van der Waals surface area contributed by atoms with Gasteiger partial charge in [0.2, 0.25) is 0 Å². The first-order chi connectivity index (χ1) is 16.9. The van der Waals surface area contributed by atoms with E-state index >= 15 is 4.39 Å². The molecule has 5 rings (SSSR count). The summed E-state index contributed by atoms with van der Waals surface area (Å²) in [6.07, 6.45) is 2.45. The third-order valence-electron chi connectivity index (χ3n) is 6.14. The average molecular weight is 468 g/mol. The second kappa shape index (κ2) is 9.06. The van der Waals surface area contributed by atoms with E-state index in [0.29, 0.717) is 28.7 Å². The van der Waals surface area contributed by atoms with Crippen LogP contribution in [0.1, 0.15) is 29.9 Å². The number of aryl methyl sites for hydroxylation is 2. The van der Waals surface area contributed by atoms with Crippen molar-refractivity contribution in [3.05, 3.63) is 95.7 Å². The minimum atomic E-state index is -0.602. The van der Waals surface area contributed by atoms with Crippen LogP contribution in [0.3, 0.4) is 0 Å². The Morgan fingerprint density at radius 2 is 1.86 bits per heavy atom. The van der Waals surface area contributed by atoms with Gasteiger partial charge in [0, 0.05) is 41.1 Å². The first-order valence-electron chi connectivity index (χ1n) is 11.4. The van der Waals surface area contributed by atoms with Gasteiger partial charge in [-0.15, -0.1) is 0 Å². The van der Waals surface area contributed by atoms with Gasteiger partial charge in [0.05, 0.1) is 0 Å². The number of pyridine rings is 1. The maximum atomic E-state index is 15.2. The molecule has 0 spiro atoms. The third kappa shape index (κ3) is 4.26. The molecule has 0 saturated carbocycles. The number of nitrogens with one attached hydrogen (secondary N) is 1. The summed E-state index contributed by atoms with van der Waals surface area (Å²) in [5.41, 5.74) is 15.8. The Bertz CT molecular complexity index is 1530. The molecular weight excluding hydrogens is 441 g/mol. The van der Waals surface area contributed by atoms with Crippen LogP contribution in [0.2, 0.25) is 0 Å². The summed E-state index contributed by atoms with van der Waals surface area (Å²) in [5.74, 6) is 1.19. The highest BCUT2D eigenvalue weighted by Crippen LogP contribution is 2.32. The lowest BCUT2D eigenvalue weighted by Crippen LogP contribution is -2.19. The molecule has 2 heterocycles. The van der Waals surface area contributed by atoms with Crippen molar-refractivity contribution in [2.75, 3.05) is 16.8 Å². The number of anilines is 3. The summed E-state index contributed by atoms with van der Waals surface area (Å²) >= 11 is 0. The Labute approximate surface area is 202 Å². The van der Waals surface area contributed by atoms with Crippen LogP contribution in [-0.2, 0) is 13.5 Å². The van der Waals surface area contributed by atoms with Crippen molar-refractivity contribution in [2.45, 2.75) is 19.4 Å². The Morgan fingerprint density at radius 1 is 1.03 bits per heavy atom. The summed E-state index contributed by atoms with van der Waals surface area (Å²) in [6.45, 7) is 2.04. The van der Waals surface area contributed by atoms with Crippen LogP contribution >= 0.6 is 0 Å². The van der Waals surface area contributed by atoms with Crippen molar-refractivity contribution in [1.82, 2.24) is 19.7 Å².